The van der Waals surface area contributed by atoms with Crippen molar-refractivity contribution in [1.29, 1.82) is 0 Å². The Bertz CT molecular complexity index is 599. The molecule has 2 aromatic carbocycles. The fourth-order valence-electron chi connectivity index (χ4n) is 1.94. The third-order valence-corrected chi connectivity index (χ3v) is 3.76. The van der Waals surface area contributed by atoms with E-state index in [1.165, 1.54) is 6.07 Å². The van der Waals surface area contributed by atoms with E-state index < -0.39 is 5.82 Å². The van der Waals surface area contributed by atoms with E-state index in [-0.39, 0.29) is 11.1 Å². The molecule has 19 heavy (non-hydrogen) atoms. The standard InChI is InChI=1S/C15H14Cl2FN/c1-9-6-11(3-4-12(9)16)15(19)8-10-2-5-14(18)13(17)7-10/h2-7,15H,8,19H2,1H3. The highest BCUT2D eigenvalue weighted by Gasteiger charge is 2.10. The first-order valence-corrected chi connectivity index (χ1v) is 6.68. The molecule has 0 saturated heterocycles. The van der Waals surface area contributed by atoms with Crippen LogP contribution in [0.5, 0.6) is 0 Å². The number of hydrogen-bond acceptors (Lipinski definition) is 1. The first kappa shape index (κ1) is 14.3. The van der Waals surface area contributed by atoms with Gasteiger partial charge in [0.25, 0.3) is 0 Å². The molecule has 0 fully saturated rings. The third-order valence-electron chi connectivity index (χ3n) is 3.05. The number of aryl methyl sites for hydroxylation is 1. The van der Waals surface area contributed by atoms with Crippen molar-refractivity contribution in [2.24, 2.45) is 5.73 Å². The lowest BCUT2D eigenvalue weighted by atomic mass is 9.98. The van der Waals surface area contributed by atoms with Crippen LogP contribution in [0.25, 0.3) is 0 Å². The topological polar surface area (TPSA) is 26.0 Å². The predicted octanol–water partition coefficient (Wildman–Crippen LogP) is 4.68. The van der Waals surface area contributed by atoms with Gasteiger partial charge in [-0.3, -0.25) is 0 Å². The lowest BCUT2D eigenvalue weighted by Gasteiger charge is -2.13. The molecule has 2 aromatic rings. The fourth-order valence-corrected chi connectivity index (χ4v) is 2.26. The summed E-state index contributed by atoms with van der Waals surface area (Å²) in [5, 5.41) is 0.845. The molecule has 1 atom stereocenters. The largest absolute Gasteiger partial charge is 0.324 e. The average Bonchev–Trinajstić information content (AvgIpc) is 2.37. The van der Waals surface area contributed by atoms with E-state index in [0.29, 0.717) is 6.42 Å². The summed E-state index contributed by atoms with van der Waals surface area (Å²) in [6.45, 7) is 1.94. The quantitative estimate of drug-likeness (QED) is 0.874. The Morgan fingerprint density at radius 3 is 2.47 bits per heavy atom. The highest BCUT2D eigenvalue weighted by Crippen LogP contribution is 2.23. The zero-order valence-corrected chi connectivity index (χ0v) is 12.0. The molecule has 0 aromatic heterocycles. The van der Waals surface area contributed by atoms with Gasteiger partial charge < -0.3 is 5.73 Å². The predicted molar refractivity (Wildman–Crippen MR) is 78.2 cm³/mol. The van der Waals surface area contributed by atoms with Gasteiger partial charge in [0.05, 0.1) is 5.02 Å². The molecule has 100 valence electrons. The van der Waals surface area contributed by atoms with E-state index in [1.54, 1.807) is 12.1 Å². The van der Waals surface area contributed by atoms with Crippen LogP contribution >= 0.6 is 23.2 Å². The molecular formula is C15H14Cl2FN. The van der Waals surface area contributed by atoms with Crippen molar-refractivity contribution >= 4 is 23.2 Å². The molecule has 4 heteroatoms. The zero-order chi connectivity index (χ0) is 14.0. The van der Waals surface area contributed by atoms with Crippen molar-refractivity contribution in [3.8, 4) is 0 Å². The van der Waals surface area contributed by atoms with Gasteiger partial charge >= 0.3 is 0 Å². The molecule has 1 nitrogen and oxygen atoms in total. The van der Waals surface area contributed by atoms with Crippen molar-refractivity contribution in [2.45, 2.75) is 19.4 Å². The number of halogens is 3. The number of nitrogens with two attached hydrogens (primary N) is 1. The normalized spacial score (nSPS) is 12.5. The highest BCUT2D eigenvalue weighted by molar-refractivity contribution is 6.31. The van der Waals surface area contributed by atoms with Crippen LogP contribution < -0.4 is 5.73 Å². The van der Waals surface area contributed by atoms with E-state index in [4.69, 9.17) is 28.9 Å². The van der Waals surface area contributed by atoms with E-state index >= 15 is 0 Å². The van der Waals surface area contributed by atoms with Crippen LogP contribution in [0.1, 0.15) is 22.7 Å². The second-order valence-electron chi connectivity index (χ2n) is 4.57. The second kappa shape index (κ2) is 5.91. The van der Waals surface area contributed by atoms with Gasteiger partial charge in [0.1, 0.15) is 5.82 Å². The lowest BCUT2D eigenvalue weighted by Crippen LogP contribution is -2.13. The molecule has 0 radical (unpaired) electrons. The van der Waals surface area contributed by atoms with Gasteiger partial charge in [-0.1, -0.05) is 41.4 Å². The molecule has 0 bridgehead atoms. The maximum atomic E-state index is 13.1. The SMILES string of the molecule is Cc1cc(C(N)Cc2ccc(F)c(Cl)c2)ccc1Cl. The first-order valence-electron chi connectivity index (χ1n) is 5.93. The number of hydrogen-bond donors (Lipinski definition) is 1. The molecule has 0 aliphatic carbocycles. The van der Waals surface area contributed by atoms with Gasteiger partial charge in [-0.2, -0.15) is 0 Å². The Labute approximate surface area is 122 Å². The lowest BCUT2D eigenvalue weighted by molar-refractivity contribution is 0.626. The van der Waals surface area contributed by atoms with Crippen molar-refractivity contribution in [2.75, 3.05) is 0 Å². The minimum Gasteiger partial charge on any atom is -0.324 e. The molecule has 0 aliphatic heterocycles. The maximum absolute atomic E-state index is 13.1. The van der Waals surface area contributed by atoms with Crippen LogP contribution in [-0.4, -0.2) is 0 Å². The van der Waals surface area contributed by atoms with Crippen molar-refractivity contribution < 1.29 is 4.39 Å². The number of rotatable bonds is 3. The highest BCUT2D eigenvalue weighted by atomic mass is 35.5. The van der Waals surface area contributed by atoms with Gasteiger partial charge in [-0.05, 0) is 48.2 Å². The number of benzene rings is 2. The fraction of sp³-hybridized carbons (Fsp3) is 0.200. The van der Waals surface area contributed by atoms with Gasteiger partial charge in [-0.15, -0.1) is 0 Å². The minimum absolute atomic E-state index is 0.122. The molecule has 1 unspecified atom stereocenters. The van der Waals surface area contributed by atoms with Crippen LogP contribution in [0.3, 0.4) is 0 Å². The summed E-state index contributed by atoms with van der Waals surface area (Å²) in [7, 11) is 0. The molecule has 0 spiro atoms. The summed E-state index contributed by atoms with van der Waals surface area (Å²) in [6.07, 6.45) is 0.598. The third kappa shape index (κ3) is 3.47. The van der Waals surface area contributed by atoms with Gasteiger partial charge in [0.15, 0.2) is 0 Å². The van der Waals surface area contributed by atoms with Gasteiger partial charge in [0, 0.05) is 11.1 Å². The monoisotopic (exact) mass is 297 g/mol. The summed E-state index contributed by atoms with van der Waals surface area (Å²) in [4.78, 5) is 0. The van der Waals surface area contributed by atoms with E-state index in [9.17, 15) is 4.39 Å². The minimum atomic E-state index is -0.415. The Kier molecular flexibility index (Phi) is 4.46. The Morgan fingerprint density at radius 1 is 1.11 bits per heavy atom. The summed E-state index contributed by atoms with van der Waals surface area (Å²) in [5.74, 6) is -0.415. The van der Waals surface area contributed by atoms with Crippen LogP contribution in [0.4, 0.5) is 4.39 Å². The molecular weight excluding hydrogens is 284 g/mol. The first-order chi connectivity index (χ1) is 8.97. The summed E-state index contributed by atoms with van der Waals surface area (Å²) < 4.78 is 13.1. The molecule has 0 aliphatic rings. The van der Waals surface area contributed by atoms with Crippen molar-refractivity contribution in [3.63, 3.8) is 0 Å². The molecule has 2 rings (SSSR count). The summed E-state index contributed by atoms with van der Waals surface area (Å²) in [6, 6.07) is 10.2. The second-order valence-corrected chi connectivity index (χ2v) is 5.38. The zero-order valence-electron chi connectivity index (χ0n) is 10.5. The van der Waals surface area contributed by atoms with Crippen LogP contribution in [0.2, 0.25) is 10.0 Å². The maximum Gasteiger partial charge on any atom is 0.141 e. The van der Waals surface area contributed by atoms with Crippen molar-refractivity contribution in [3.05, 3.63) is 69.0 Å². The Balaban J connectivity index is 2.17. The van der Waals surface area contributed by atoms with Gasteiger partial charge in [-0.25, -0.2) is 4.39 Å². The van der Waals surface area contributed by atoms with E-state index in [2.05, 4.69) is 0 Å². The molecule has 0 saturated carbocycles. The summed E-state index contributed by atoms with van der Waals surface area (Å²) >= 11 is 11.7. The Hall–Kier alpha value is -1.09. The summed E-state index contributed by atoms with van der Waals surface area (Å²) in [5.41, 5.74) is 9.06. The van der Waals surface area contributed by atoms with Crippen molar-refractivity contribution in [1.82, 2.24) is 0 Å². The van der Waals surface area contributed by atoms with E-state index in [0.717, 1.165) is 21.7 Å². The molecule has 2 N–H and O–H groups in total. The Morgan fingerprint density at radius 2 is 1.84 bits per heavy atom. The van der Waals surface area contributed by atoms with Gasteiger partial charge in [0.2, 0.25) is 0 Å². The van der Waals surface area contributed by atoms with Crippen LogP contribution in [0, 0.1) is 12.7 Å². The van der Waals surface area contributed by atoms with Crippen LogP contribution in [-0.2, 0) is 6.42 Å². The van der Waals surface area contributed by atoms with Crippen LogP contribution in [0.15, 0.2) is 36.4 Å². The van der Waals surface area contributed by atoms with E-state index in [1.807, 2.05) is 25.1 Å². The molecule has 0 amide bonds. The molecule has 0 heterocycles. The average molecular weight is 298 g/mol. The smallest absolute Gasteiger partial charge is 0.141 e.